The molecule has 0 fully saturated rings. The Morgan fingerprint density at radius 3 is 1.69 bits per heavy atom. The maximum atomic E-state index is 14.2. The molecule has 3 atom stereocenters. The molecule has 0 spiro atoms. The van der Waals surface area contributed by atoms with Crippen molar-refractivity contribution in [2.24, 2.45) is 0 Å². The van der Waals surface area contributed by atoms with Gasteiger partial charge in [-0.05, 0) is 32.4 Å². The van der Waals surface area contributed by atoms with Crippen LogP contribution in [-0.4, -0.2) is 79.6 Å². The Kier molecular flexibility index (Phi) is 12.2. The van der Waals surface area contributed by atoms with Crippen molar-refractivity contribution in [2.45, 2.75) is 116 Å². The Morgan fingerprint density at radius 1 is 0.712 bits per heavy atom. The summed E-state index contributed by atoms with van der Waals surface area (Å²) < 4.78 is 5.48. The van der Waals surface area contributed by atoms with Crippen LogP contribution in [0, 0.1) is 0 Å². The van der Waals surface area contributed by atoms with Gasteiger partial charge in [-0.25, -0.2) is 20.2 Å². The zero-order valence-electron chi connectivity index (χ0n) is 31.7. The van der Waals surface area contributed by atoms with Gasteiger partial charge in [0.2, 0.25) is 11.8 Å². The van der Waals surface area contributed by atoms with Crippen LogP contribution >= 0.6 is 0 Å². The molecule has 3 aromatic heterocycles. The molecule has 0 saturated carbocycles. The molecular formula is C37H53N9O6. The van der Waals surface area contributed by atoms with E-state index < -0.39 is 47.5 Å². The summed E-state index contributed by atoms with van der Waals surface area (Å²) in [5.41, 5.74) is 3.77. The van der Waals surface area contributed by atoms with Crippen LogP contribution in [-0.2, 0) is 54.1 Å². The molecule has 4 aromatic rings. The van der Waals surface area contributed by atoms with E-state index in [1.807, 2.05) is 65.8 Å². The third kappa shape index (κ3) is 10.9. The first-order valence-corrected chi connectivity index (χ1v) is 17.3. The lowest BCUT2D eigenvalue weighted by Crippen LogP contribution is -2.58. The van der Waals surface area contributed by atoms with Crippen LogP contribution in [0.4, 0.5) is 4.79 Å². The highest BCUT2D eigenvalue weighted by molar-refractivity contribution is 5.94. The fourth-order valence-corrected chi connectivity index (χ4v) is 5.44. The number of benzene rings is 1. The van der Waals surface area contributed by atoms with E-state index in [2.05, 4.69) is 46.4 Å². The van der Waals surface area contributed by atoms with Gasteiger partial charge in [0.1, 0.15) is 35.4 Å². The number of alkyl carbamates (subject to hydrolysis) is 1. The summed E-state index contributed by atoms with van der Waals surface area (Å²) in [5, 5.41) is 9.21. The molecule has 0 aliphatic carbocycles. The van der Waals surface area contributed by atoms with E-state index >= 15 is 0 Å². The number of carbonyl (C=O) groups is 4. The number of ether oxygens (including phenoxy) is 1. The number of hydroxylamine groups is 1. The number of imidazole rings is 2. The van der Waals surface area contributed by atoms with E-state index in [1.165, 1.54) is 7.11 Å². The number of amides is 4. The number of nitrogens with zero attached hydrogens (tertiary/aromatic N) is 2. The molecule has 0 aliphatic heterocycles. The molecule has 4 amide bonds. The summed E-state index contributed by atoms with van der Waals surface area (Å²) >= 11 is 0. The molecule has 7 N–H and O–H groups in total. The third-order valence-electron chi connectivity index (χ3n) is 8.10. The quantitative estimate of drug-likeness (QED) is 0.101. The van der Waals surface area contributed by atoms with Crippen molar-refractivity contribution in [1.82, 2.24) is 46.4 Å². The van der Waals surface area contributed by atoms with Crippen molar-refractivity contribution in [3.63, 3.8) is 0 Å². The number of carbonyl (C=O) groups excluding carboxylic acids is 4. The number of hydrogen-bond donors (Lipinski definition) is 7. The maximum absolute atomic E-state index is 14.2. The fraction of sp³-hybridized carbons (Fsp3) is 0.514. The van der Waals surface area contributed by atoms with E-state index in [9.17, 15) is 19.2 Å². The van der Waals surface area contributed by atoms with Gasteiger partial charge in [0.05, 0.1) is 7.11 Å². The number of aromatic amines is 3. The van der Waals surface area contributed by atoms with Crippen molar-refractivity contribution in [3.05, 3.63) is 71.5 Å². The number of para-hydroxylation sites is 1. The summed E-state index contributed by atoms with van der Waals surface area (Å²) in [4.78, 5) is 78.0. The average Bonchev–Trinajstić information content (AvgIpc) is 3.79. The van der Waals surface area contributed by atoms with Crippen molar-refractivity contribution in [1.29, 1.82) is 0 Å². The molecule has 52 heavy (non-hydrogen) atoms. The van der Waals surface area contributed by atoms with Gasteiger partial charge in [-0.3, -0.25) is 19.2 Å². The largest absolute Gasteiger partial charge is 0.444 e. The Hall–Kier alpha value is -5.18. The number of fused-ring (bicyclic) bond motifs is 1. The first kappa shape index (κ1) is 39.6. The Morgan fingerprint density at radius 2 is 1.21 bits per heavy atom. The lowest BCUT2D eigenvalue weighted by atomic mass is 9.96. The molecule has 1 aromatic carbocycles. The Balaban J connectivity index is 1.65. The smallest absolute Gasteiger partial charge is 0.408 e. The second-order valence-corrected chi connectivity index (χ2v) is 16.0. The van der Waals surface area contributed by atoms with Crippen LogP contribution in [0.1, 0.15) is 90.9 Å². The van der Waals surface area contributed by atoms with E-state index in [-0.39, 0.29) is 30.1 Å². The minimum atomic E-state index is -1.17. The summed E-state index contributed by atoms with van der Waals surface area (Å²) in [5.74, 6) is -0.433. The molecular weight excluding hydrogens is 666 g/mol. The Bertz CT molecular complexity index is 1850. The van der Waals surface area contributed by atoms with Gasteiger partial charge in [-0.2, -0.15) is 0 Å². The second-order valence-electron chi connectivity index (χ2n) is 16.0. The lowest BCUT2D eigenvalue weighted by molar-refractivity contribution is -0.137. The average molecular weight is 720 g/mol. The predicted molar refractivity (Wildman–Crippen MR) is 196 cm³/mol. The predicted octanol–water partition coefficient (Wildman–Crippen LogP) is 3.78. The molecule has 0 saturated heterocycles. The zero-order valence-corrected chi connectivity index (χ0v) is 31.7. The van der Waals surface area contributed by atoms with E-state index in [0.29, 0.717) is 17.2 Å². The van der Waals surface area contributed by atoms with Gasteiger partial charge >= 0.3 is 6.09 Å². The number of hydrogen-bond acceptors (Lipinski definition) is 8. The topological polar surface area (TPSA) is 208 Å². The molecule has 282 valence electrons. The van der Waals surface area contributed by atoms with E-state index in [0.717, 1.165) is 22.3 Å². The number of H-pyrrole nitrogens is 3. The Labute approximate surface area is 304 Å². The highest BCUT2D eigenvalue weighted by Crippen LogP contribution is 2.22. The molecule has 0 radical (unpaired) electrons. The maximum Gasteiger partial charge on any atom is 0.408 e. The molecule has 4 rings (SSSR count). The molecule has 15 heteroatoms. The lowest BCUT2D eigenvalue weighted by Gasteiger charge is -2.26. The molecule has 0 unspecified atom stereocenters. The van der Waals surface area contributed by atoms with Gasteiger partial charge in [0.15, 0.2) is 0 Å². The van der Waals surface area contributed by atoms with Crippen LogP contribution in [0.15, 0.2) is 42.9 Å². The minimum absolute atomic E-state index is 0.0321. The zero-order chi connectivity index (χ0) is 38.4. The normalized spacial score (nSPS) is 14.0. The van der Waals surface area contributed by atoms with Crippen molar-refractivity contribution in [3.8, 4) is 0 Å². The van der Waals surface area contributed by atoms with Crippen LogP contribution < -0.4 is 21.4 Å². The highest BCUT2D eigenvalue weighted by atomic mass is 16.6. The van der Waals surface area contributed by atoms with Crippen molar-refractivity contribution in [2.75, 3.05) is 7.11 Å². The molecule has 15 nitrogen and oxygen atoms in total. The highest BCUT2D eigenvalue weighted by Gasteiger charge is 2.33. The van der Waals surface area contributed by atoms with Gasteiger partial charge in [0, 0.05) is 71.0 Å². The monoisotopic (exact) mass is 719 g/mol. The first-order valence-electron chi connectivity index (χ1n) is 17.3. The third-order valence-corrected chi connectivity index (χ3v) is 8.10. The summed E-state index contributed by atoms with van der Waals surface area (Å²) in [6, 6.07) is 4.16. The number of rotatable bonds is 13. The standard InChI is InChI=1S/C37H53N9O6/c1-35(2,3)32-39-19-22(41-32)16-27(45-34(50)52-37(7,8)9)30(48)43-26(15-21-18-38-25-14-12-11-13-24(21)25)29(47)44-28(31(49)46-51-10)17-23-20-40-33(42-23)36(4,5)6/h11-14,18-20,26-28,38H,15-17H2,1-10H3,(H,39,41)(H,40,42)(H,43,48)(H,44,47)(H,45,50)(H,46,49)/t26-,27-,28-/m0/s1. The summed E-state index contributed by atoms with van der Waals surface area (Å²) in [7, 11) is 1.30. The van der Waals surface area contributed by atoms with Crippen molar-refractivity contribution < 1.29 is 28.8 Å². The second kappa shape index (κ2) is 16.0. The number of aromatic nitrogens is 5. The SMILES string of the molecule is CONC(=O)[C@H](Cc1cnc(C(C)(C)C)[nH]1)NC(=O)[C@H](Cc1c[nH]c2ccccc12)NC(=O)[C@H](Cc1cnc(C(C)(C)C)[nH]1)NC(=O)OC(C)(C)C. The van der Waals surface area contributed by atoms with Gasteiger partial charge in [0.25, 0.3) is 5.91 Å². The van der Waals surface area contributed by atoms with Crippen molar-refractivity contribution >= 4 is 34.7 Å². The van der Waals surface area contributed by atoms with Gasteiger partial charge in [-0.15, -0.1) is 0 Å². The van der Waals surface area contributed by atoms with Crippen LogP contribution in [0.25, 0.3) is 10.9 Å². The fourth-order valence-electron chi connectivity index (χ4n) is 5.44. The van der Waals surface area contributed by atoms with Crippen LogP contribution in [0.5, 0.6) is 0 Å². The molecule has 3 heterocycles. The van der Waals surface area contributed by atoms with Gasteiger partial charge < -0.3 is 35.6 Å². The van der Waals surface area contributed by atoms with E-state index in [1.54, 1.807) is 39.4 Å². The number of nitrogens with one attached hydrogen (secondary N) is 7. The summed E-state index contributed by atoms with van der Waals surface area (Å²) in [6.07, 6.45) is 4.38. The van der Waals surface area contributed by atoms with Gasteiger partial charge in [-0.1, -0.05) is 59.7 Å². The van der Waals surface area contributed by atoms with Crippen LogP contribution in [0.3, 0.4) is 0 Å². The first-order chi connectivity index (χ1) is 24.2. The van der Waals surface area contributed by atoms with Crippen LogP contribution in [0.2, 0.25) is 0 Å². The van der Waals surface area contributed by atoms with E-state index in [4.69, 9.17) is 9.57 Å². The molecule has 0 bridgehead atoms. The molecule has 0 aliphatic rings. The summed E-state index contributed by atoms with van der Waals surface area (Å²) in [6.45, 7) is 17.2. The minimum Gasteiger partial charge on any atom is -0.444 e.